The summed E-state index contributed by atoms with van der Waals surface area (Å²) in [5, 5.41) is 2.38. The zero-order valence-electron chi connectivity index (χ0n) is 17.2. The second kappa shape index (κ2) is 12.0. The van der Waals surface area contributed by atoms with E-state index in [0.29, 0.717) is 16.9 Å². The van der Waals surface area contributed by atoms with E-state index >= 15 is 0 Å². The van der Waals surface area contributed by atoms with E-state index in [1.165, 1.54) is 6.07 Å². The molecule has 0 fully saturated rings. The van der Waals surface area contributed by atoms with E-state index in [2.05, 4.69) is 18.0 Å². The van der Waals surface area contributed by atoms with Gasteiger partial charge in [0.15, 0.2) is 0 Å². The van der Waals surface area contributed by atoms with Crippen LogP contribution in [0.2, 0.25) is 0 Å². The molecule has 13 heteroatoms. The largest absolute Gasteiger partial charge is 1.00 e. The summed E-state index contributed by atoms with van der Waals surface area (Å²) in [6, 6.07) is 13.3. The van der Waals surface area contributed by atoms with E-state index in [0.717, 1.165) is 18.2 Å². The van der Waals surface area contributed by atoms with E-state index < -0.39 is 30.0 Å². The van der Waals surface area contributed by atoms with Crippen molar-refractivity contribution in [2.24, 2.45) is 0 Å². The molecule has 3 N–H and O–H groups in total. The van der Waals surface area contributed by atoms with Crippen molar-refractivity contribution in [1.82, 2.24) is 0 Å². The van der Waals surface area contributed by atoms with Crippen molar-refractivity contribution >= 4 is 48.1 Å². The third kappa shape index (κ3) is 7.28. The molecule has 0 radical (unpaired) electrons. The molecule has 0 atom stereocenters. The molecule has 0 saturated heterocycles. The molecular weight excluding hydrogens is 473 g/mol. The fourth-order valence-corrected chi connectivity index (χ4v) is 4.11. The molecule has 0 spiro atoms. The standard InChI is InChI=1S/C18H15N2O6S2.3Na/c1-11(12-4-2-5-13(19)10-12)20-15-8-9-16(27(21,22)23)14-6-3-7-17(18(14)15)28(24,25)26;;;/h2,4-10,20H,1,19H2,(H,21,22,23)(H,24,25,26);;;/q-1;3*+1/p-2. The van der Waals surface area contributed by atoms with Crippen LogP contribution in [0.3, 0.4) is 0 Å². The van der Waals surface area contributed by atoms with Crippen molar-refractivity contribution in [3.05, 3.63) is 66.7 Å². The van der Waals surface area contributed by atoms with Crippen molar-refractivity contribution < 1.29 is 115 Å². The van der Waals surface area contributed by atoms with Gasteiger partial charge in [-0.1, -0.05) is 30.2 Å². The maximum Gasteiger partial charge on any atom is 1.00 e. The van der Waals surface area contributed by atoms with Crippen molar-refractivity contribution in [1.29, 1.82) is 0 Å². The minimum absolute atomic E-state index is 0. The molecule has 146 valence electrons. The van der Waals surface area contributed by atoms with Gasteiger partial charge < -0.3 is 20.2 Å². The third-order valence-electron chi connectivity index (χ3n) is 3.95. The zero-order valence-corrected chi connectivity index (χ0v) is 24.8. The molecule has 0 aliphatic heterocycles. The van der Waals surface area contributed by atoms with Crippen molar-refractivity contribution in [2.45, 2.75) is 9.79 Å². The average Bonchev–Trinajstić information content (AvgIpc) is 2.59. The molecule has 0 aliphatic rings. The number of nitrogens with one attached hydrogen (secondary N) is 1. The Kier molecular flexibility index (Phi) is 12.0. The van der Waals surface area contributed by atoms with Crippen LogP contribution in [-0.4, -0.2) is 25.9 Å². The smallest absolute Gasteiger partial charge is 0.754 e. The topological polar surface area (TPSA) is 152 Å². The molecule has 0 aliphatic carbocycles. The van der Waals surface area contributed by atoms with Crippen LogP contribution in [-0.2, 0) is 20.2 Å². The molecule has 31 heavy (non-hydrogen) atoms. The van der Waals surface area contributed by atoms with E-state index in [4.69, 9.17) is 5.73 Å². The number of hydrogen-bond acceptors (Lipinski definition) is 8. The van der Waals surface area contributed by atoms with Crippen LogP contribution in [0.15, 0.2) is 64.9 Å². The summed E-state index contributed by atoms with van der Waals surface area (Å²) in [4.78, 5) is -1.37. The summed E-state index contributed by atoms with van der Waals surface area (Å²) in [6.07, 6.45) is 0. The first kappa shape index (κ1) is 31.1. The fourth-order valence-electron chi connectivity index (χ4n) is 2.76. The monoisotopic (exact) mass is 486 g/mol. The quantitative estimate of drug-likeness (QED) is 0.156. The summed E-state index contributed by atoms with van der Waals surface area (Å²) in [6.45, 7) is 3.85. The van der Waals surface area contributed by atoms with Crippen molar-refractivity contribution in [3.63, 3.8) is 0 Å². The molecule has 3 aromatic carbocycles. The molecule has 0 aromatic heterocycles. The molecule has 0 unspecified atom stereocenters. The van der Waals surface area contributed by atoms with Crippen LogP contribution in [0.4, 0.5) is 11.4 Å². The second-order valence-corrected chi connectivity index (χ2v) is 8.55. The number of benzene rings is 3. The predicted octanol–water partition coefficient (Wildman–Crippen LogP) is -6.87. The number of rotatable bonds is 5. The molecule has 0 amide bonds. The Bertz CT molecular complexity index is 1330. The summed E-state index contributed by atoms with van der Waals surface area (Å²) >= 11 is 0. The van der Waals surface area contributed by atoms with Gasteiger partial charge >= 0.3 is 88.7 Å². The maximum atomic E-state index is 11.7. The molecule has 0 bridgehead atoms. The van der Waals surface area contributed by atoms with Gasteiger partial charge in [-0.3, -0.25) is 8.42 Å². The first-order chi connectivity index (χ1) is 13.0. The Morgan fingerprint density at radius 3 is 2.10 bits per heavy atom. The van der Waals surface area contributed by atoms with Gasteiger partial charge in [-0.15, -0.1) is 5.39 Å². The number of hydrogen-bond donors (Lipinski definition) is 2. The molecule has 3 aromatic rings. The minimum atomic E-state index is -4.99. The van der Waals surface area contributed by atoms with Gasteiger partial charge in [-0.25, -0.2) is 8.42 Å². The van der Waals surface area contributed by atoms with Crippen LogP contribution in [0, 0.1) is 6.07 Å². The van der Waals surface area contributed by atoms with Crippen molar-refractivity contribution in [2.75, 3.05) is 11.1 Å². The molecule has 0 saturated carbocycles. The molecule has 0 heterocycles. The van der Waals surface area contributed by atoms with Gasteiger partial charge in [-0.05, 0) is 28.7 Å². The number of fused-ring (bicyclic) bond motifs is 1. The van der Waals surface area contributed by atoms with Crippen LogP contribution >= 0.6 is 0 Å². The van der Waals surface area contributed by atoms with Crippen LogP contribution < -0.4 is 99.7 Å². The summed E-state index contributed by atoms with van der Waals surface area (Å²) in [5.74, 6) is 0. The Labute approximate surface area is 247 Å². The SMILES string of the molecule is C=C(Nc1ccc(S(=O)(=O)[O-])c2c[c-]cc(S(=O)(=O)[O-])c12)c1cccc(N)c1.[Na+].[Na+].[Na+]. The van der Waals surface area contributed by atoms with E-state index in [9.17, 15) is 25.9 Å². The van der Waals surface area contributed by atoms with Gasteiger partial charge in [0, 0.05) is 22.0 Å². The Hall–Kier alpha value is 0.0800. The van der Waals surface area contributed by atoms with Crippen molar-refractivity contribution in [3.8, 4) is 0 Å². The van der Waals surface area contributed by atoms with Gasteiger partial charge in [0.05, 0.1) is 10.1 Å². The summed E-state index contributed by atoms with van der Waals surface area (Å²) in [7, 11) is -9.92. The maximum absolute atomic E-state index is 11.7. The Balaban J connectivity index is 0.00000300. The third-order valence-corrected chi connectivity index (χ3v) is 5.71. The van der Waals surface area contributed by atoms with E-state index in [1.807, 2.05) is 0 Å². The summed E-state index contributed by atoms with van der Waals surface area (Å²) < 4.78 is 69.7. The molecule has 8 nitrogen and oxygen atoms in total. The second-order valence-electron chi connectivity index (χ2n) is 5.86. The van der Waals surface area contributed by atoms with Gasteiger partial charge in [0.25, 0.3) is 0 Å². The molecule has 3 rings (SSSR count). The van der Waals surface area contributed by atoms with E-state index in [-0.39, 0.29) is 105 Å². The number of anilines is 2. The van der Waals surface area contributed by atoms with Crippen LogP contribution in [0.5, 0.6) is 0 Å². The zero-order chi connectivity index (χ0) is 20.7. The van der Waals surface area contributed by atoms with Gasteiger partial charge in [-0.2, -0.15) is 18.2 Å². The Morgan fingerprint density at radius 1 is 0.935 bits per heavy atom. The fraction of sp³-hybridized carbons (Fsp3) is 0. The van der Waals surface area contributed by atoms with Gasteiger partial charge in [0.1, 0.15) is 10.1 Å². The number of nitrogens with two attached hydrogens (primary N) is 1. The minimum Gasteiger partial charge on any atom is -0.754 e. The van der Waals surface area contributed by atoms with Crippen LogP contribution in [0.1, 0.15) is 5.56 Å². The molecular formula is C18H13N2Na3O6S2. The predicted molar refractivity (Wildman–Crippen MR) is 102 cm³/mol. The first-order valence-electron chi connectivity index (χ1n) is 7.69. The normalized spacial score (nSPS) is 10.9. The van der Waals surface area contributed by atoms with E-state index in [1.54, 1.807) is 24.3 Å². The van der Waals surface area contributed by atoms with Gasteiger partial charge in [0.2, 0.25) is 0 Å². The summed E-state index contributed by atoms with van der Waals surface area (Å²) in [5.41, 5.74) is 7.18. The number of nitrogen functional groups attached to an aromatic ring is 1. The average molecular weight is 486 g/mol. The van der Waals surface area contributed by atoms with Crippen LogP contribution in [0.25, 0.3) is 16.5 Å². The first-order valence-corrected chi connectivity index (χ1v) is 10.5. The Morgan fingerprint density at radius 2 is 1.55 bits per heavy atom.